The number of rotatable bonds is 2. The first-order valence-electron chi connectivity index (χ1n) is 5.90. The highest BCUT2D eigenvalue weighted by Gasteiger charge is 2.33. The molecule has 0 aliphatic heterocycles. The lowest BCUT2D eigenvalue weighted by Gasteiger charge is -2.13. The minimum atomic E-state index is -4.45. The van der Waals surface area contributed by atoms with Crippen LogP contribution in [0.2, 0.25) is 0 Å². The zero-order valence-corrected chi connectivity index (χ0v) is 9.76. The van der Waals surface area contributed by atoms with E-state index in [-0.39, 0.29) is 23.0 Å². The molecule has 18 heavy (non-hydrogen) atoms. The smallest absolute Gasteiger partial charge is 0.398 e. The molecule has 0 unspecified atom stereocenters. The molecular weight excluding hydrogens is 243 g/mol. The van der Waals surface area contributed by atoms with Crippen molar-refractivity contribution in [2.24, 2.45) is 5.92 Å². The third-order valence-electron chi connectivity index (χ3n) is 3.37. The van der Waals surface area contributed by atoms with Gasteiger partial charge in [0.05, 0.1) is 5.56 Å². The van der Waals surface area contributed by atoms with E-state index in [0.717, 1.165) is 43.9 Å². The number of Topliss-reactive ketones (excluding diaryl/α,β-unsaturated/α-hetero) is 1. The van der Waals surface area contributed by atoms with E-state index in [4.69, 9.17) is 5.73 Å². The SMILES string of the molecule is Nc1ccc(C(F)(F)F)cc1C(=O)C1CCCC1. The maximum absolute atomic E-state index is 12.6. The number of nitrogens with two attached hydrogens (primary N) is 1. The number of hydrogen-bond acceptors (Lipinski definition) is 2. The molecule has 98 valence electrons. The molecule has 1 aliphatic carbocycles. The predicted octanol–water partition coefficient (Wildman–Crippen LogP) is 3.66. The summed E-state index contributed by atoms with van der Waals surface area (Å²) < 4.78 is 37.8. The molecule has 1 aliphatic rings. The standard InChI is InChI=1S/C13H14F3NO/c14-13(15,16)9-5-6-11(17)10(7-9)12(18)8-3-1-2-4-8/h5-8H,1-4,17H2. The summed E-state index contributed by atoms with van der Waals surface area (Å²) >= 11 is 0. The van der Waals surface area contributed by atoms with Crippen LogP contribution in [0.4, 0.5) is 18.9 Å². The summed E-state index contributed by atoms with van der Waals surface area (Å²) in [4.78, 5) is 12.1. The van der Waals surface area contributed by atoms with Crippen LogP contribution in [0, 0.1) is 5.92 Å². The summed E-state index contributed by atoms with van der Waals surface area (Å²) in [7, 11) is 0. The minimum Gasteiger partial charge on any atom is -0.398 e. The monoisotopic (exact) mass is 257 g/mol. The van der Waals surface area contributed by atoms with Gasteiger partial charge in [0.25, 0.3) is 0 Å². The van der Waals surface area contributed by atoms with Gasteiger partial charge in [-0.1, -0.05) is 12.8 Å². The first kappa shape index (κ1) is 12.9. The maximum Gasteiger partial charge on any atom is 0.416 e. The molecule has 0 spiro atoms. The minimum absolute atomic E-state index is 0.0109. The summed E-state index contributed by atoms with van der Waals surface area (Å²) in [6.45, 7) is 0. The average Bonchev–Trinajstić information content (AvgIpc) is 2.80. The molecule has 1 fully saturated rings. The lowest BCUT2D eigenvalue weighted by atomic mass is 9.94. The van der Waals surface area contributed by atoms with Gasteiger partial charge in [0, 0.05) is 17.2 Å². The highest BCUT2D eigenvalue weighted by molar-refractivity contribution is 6.02. The Morgan fingerprint density at radius 2 is 1.83 bits per heavy atom. The van der Waals surface area contributed by atoms with Crippen LogP contribution in [0.15, 0.2) is 18.2 Å². The molecule has 0 atom stereocenters. The maximum atomic E-state index is 12.6. The second-order valence-electron chi connectivity index (χ2n) is 4.65. The molecule has 0 saturated heterocycles. The van der Waals surface area contributed by atoms with E-state index in [1.807, 2.05) is 0 Å². The molecule has 0 bridgehead atoms. The quantitative estimate of drug-likeness (QED) is 0.649. The van der Waals surface area contributed by atoms with Crippen LogP contribution in [-0.4, -0.2) is 5.78 Å². The topological polar surface area (TPSA) is 43.1 Å². The Hall–Kier alpha value is -1.52. The Bertz CT molecular complexity index is 462. The molecule has 1 aromatic carbocycles. The van der Waals surface area contributed by atoms with E-state index in [1.165, 1.54) is 0 Å². The van der Waals surface area contributed by atoms with Crippen LogP contribution < -0.4 is 5.73 Å². The van der Waals surface area contributed by atoms with Crippen LogP contribution in [-0.2, 0) is 6.18 Å². The fourth-order valence-corrected chi connectivity index (χ4v) is 2.35. The molecular formula is C13H14F3NO. The van der Waals surface area contributed by atoms with Gasteiger partial charge in [0.15, 0.2) is 5.78 Å². The molecule has 2 rings (SSSR count). The van der Waals surface area contributed by atoms with Gasteiger partial charge in [-0.15, -0.1) is 0 Å². The number of ketones is 1. The second kappa shape index (κ2) is 4.63. The molecule has 0 amide bonds. The van der Waals surface area contributed by atoms with Gasteiger partial charge in [0.1, 0.15) is 0 Å². The van der Waals surface area contributed by atoms with E-state index >= 15 is 0 Å². The van der Waals surface area contributed by atoms with Crippen molar-refractivity contribution in [3.63, 3.8) is 0 Å². The number of anilines is 1. The number of carbonyl (C=O) groups is 1. The van der Waals surface area contributed by atoms with E-state index in [2.05, 4.69) is 0 Å². The van der Waals surface area contributed by atoms with Crippen molar-refractivity contribution >= 4 is 11.5 Å². The van der Waals surface area contributed by atoms with Crippen molar-refractivity contribution < 1.29 is 18.0 Å². The fourth-order valence-electron chi connectivity index (χ4n) is 2.35. The van der Waals surface area contributed by atoms with Crippen molar-refractivity contribution in [1.82, 2.24) is 0 Å². The number of nitrogen functional groups attached to an aromatic ring is 1. The van der Waals surface area contributed by atoms with E-state index in [1.54, 1.807) is 0 Å². The van der Waals surface area contributed by atoms with Gasteiger partial charge in [0.2, 0.25) is 0 Å². The summed E-state index contributed by atoms with van der Waals surface area (Å²) in [6, 6.07) is 2.93. The lowest BCUT2D eigenvalue weighted by molar-refractivity contribution is -0.137. The van der Waals surface area contributed by atoms with Crippen molar-refractivity contribution in [3.8, 4) is 0 Å². The van der Waals surface area contributed by atoms with Crippen molar-refractivity contribution in [1.29, 1.82) is 0 Å². The second-order valence-corrected chi connectivity index (χ2v) is 4.65. The average molecular weight is 257 g/mol. The molecule has 1 saturated carbocycles. The van der Waals surface area contributed by atoms with Crippen LogP contribution in [0.5, 0.6) is 0 Å². The highest BCUT2D eigenvalue weighted by Crippen LogP contribution is 2.34. The Kier molecular flexibility index (Phi) is 3.32. The normalized spacial score (nSPS) is 17.1. The highest BCUT2D eigenvalue weighted by atomic mass is 19.4. The van der Waals surface area contributed by atoms with Crippen molar-refractivity contribution in [2.45, 2.75) is 31.9 Å². The largest absolute Gasteiger partial charge is 0.416 e. The third kappa shape index (κ3) is 2.49. The van der Waals surface area contributed by atoms with Crippen molar-refractivity contribution in [2.75, 3.05) is 5.73 Å². The Labute approximate surface area is 103 Å². The molecule has 0 aromatic heterocycles. The van der Waals surface area contributed by atoms with Gasteiger partial charge in [-0.25, -0.2) is 0 Å². The molecule has 0 heterocycles. The lowest BCUT2D eigenvalue weighted by Crippen LogP contribution is -2.15. The van der Waals surface area contributed by atoms with Crippen LogP contribution >= 0.6 is 0 Å². The van der Waals surface area contributed by atoms with Crippen molar-refractivity contribution in [3.05, 3.63) is 29.3 Å². The van der Waals surface area contributed by atoms with Gasteiger partial charge in [-0.2, -0.15) is 13.2 Å². The Balaban J connectivity index is 2.34. The van der Waals surface area contributed by atoms with Crippen LogP contribution in [0.1, 0.15) is 41.6 Å². The van der Waals surface area contributed by atoms with Crippen LogP contribution in [0.25, 0.3) is 0 Å². The zero-order valence-electron chi connectivity index (χ0n) is 9.76. The first-order chi connectivity index (χ1) is 8.39. The number of alkyl halides is 3. The molecule has 2 nitrogen and oxygen atoms in total. The molecule has 5 heteroatoms. The number of hydrogen-bond donors (Lipinski definition) is 1. The molecule has 2 N–H and O–H groups in total. The van der Waals surface area contributed by atoms with E-state index < -0.39 is 11.7 Å². The zero-order chi connectivity index (χ0) is 13.3. The summed E-state index contributed by atoms with van der Waals surface area (Å²) in [5.74, 6) is -0.424. The number of benzene rings is 1. The Morgan fingerprint density at radius 3 is 2.39 bits per heavy atom. The van der Waals surface area contributed by atoms with Gasteiger partial charge in [-0.3, -0.25) is 4.79 Å². The predicted molar refractivity (Wildman–Crippen MR) is 62.1 cm³/mol. The summed E-state index contributed by atoms with van der Waals surface area (Å²) in [5, 5.41) is 0. The van der Waals surface area contributed by atoms with Gasteiger partial charge in [-0.05, 0) is 31.0 Å². The molecule has 0 radical (unpaired) electrons. The Morgan fingerprint density at radius 1 is 1.22 bits per heavy atom. The van der Waals surface area contributed by atoms with E-state index in [9.17, 15) is 18.0 Å². The first-order valence-corrected chi connectivity index (χ1v) is 5.90. The fraction of sp³-hybridized carbons (Fsp3) is 0.462. The third-order valence-corrected chi connectivity index (χ3v) is 3.37. The number of halogens is 3. The molecule has 1 aromatic rings. The summed E-state index contributed by atoms with van der Waals surface area (Å²) in [5.41, 5.74) is 4.93. The van der Waals surface area contributed by atoms with Crippen LogP contribution in [0.3, 0.4) is 0 Å². The van der Waals surface area contributed by atoms with E-state index in [0.29, 0.717) is 0 Å². The van der Waals surface area contributed by atoms with Gasteiger partial charge < -0.3 is 5.73 Å². The summed E-state index contributed by atoms with van der Waals surface area (Å²) in [6.07, 6.45) is -1.05. The number of carbonyl (C=O) groups excluding carboxylic acids is 1. The van der Waals surface area contributed by atoms with Gasteiger partial charge >= 0.3 is 6.18 Å².